The van der Waals surface area contributed by atoms with Crippen LogP contribution >= 0.6 is 0 Å². The Morgan fingerprint density at radius 2 is 1.42 bits per heavy atom. The van der Waals surface area contributed by atoms with E-state index >= 15 is 0 Å². The van der Waals surface area contributed by atoms with Crippen molar-refractivity contribution in [2.24, 2.45) is 0 Å². The topological polar surface area (TPSA) is 81.7 Å². The zero-order valence-electron chi connectivity index (χ0n) is 10.9. The highest BCUT2D eigenvalue weighted by molar-refractivity contribution is 5.88. The lowest BCUT2D eigenvalue weighted by Gasteiger charge is -2.17. The molecule has 0 atom stereocenters. The van der Waals surface area contributed by atoms with Crippen molar-refractivity contribution in [1.29, 1.82) is 0 Å². The van der Waals surface area contributed by atoms with Crippen LogP contribution < -0.4 is 5.32 Å². The van der Waals surface area contributed by atoms with Gasteiger partial charge in [-0.15, -0.1) is 0 Å². The lowest BCUT2D eigenvalue weighted by molar-refractivity contribution is -0.186. The van der Waals surface area contributed by atoms with Gasteiger partial charge in [0.25, 0.3) is 6.29 Å². The van der Waals surface area contributed by atoms with Gasteiger partial charge in [-0.25, -0.2) is 0 Å². The quantitative estimate of drug-likeness (QED) is 0.662. The maximum atomic E-state index is 11.0. The summed E-state index contributed by atoms with van der Waals surface area (Å²) < 4.78 is 9.80. The highest BCUT2D eigenvalue weighted by Gasteiger charge is 2.17. The van der Waals surface area contributed by atoms with Crippen LogP contribution in [-0.4, -0.2) is 17.8 Å². The average Bonchev–Trinajstić information content (AvgIpc) is 2.27. The van der Waals surface area contributed by atoms with E-state index in [0.29, 0.717) is 11.3 Å². The zero-order valence-corrected chi connectivity index (χ0v) is 10.9. The molecule has 1 N–H and O–H groups in total. The van der Waals surface area contributed by atoms with Crippen molar-refractivity contribution >= 4 is 23.5 Å². The first-order valence-corrected chi connectivity index (χ1v) is 5.60. The smallest absolute Gasteiger partial charge is 0.305 e. The number of esters is 2. The number of carbonyl (C=O) groups excluding carboxylic acids is 3. The van der Waals surface area contributed by atoms with Crippen LogP contribution in [0.4, 0.5) is 5.69 Å². The number of rotatable bonds is 4. The van der Waals surface area contributed by atoms with Gasteiger partial charge in [0, 0.05) is 32.0 Å². The normalized spacial score (nSPS) is 9.89. The molecule has 102 valence electrons. The number of hydrogen-bond acceptors (Lipinski definition) is 5. The summed E-state index contributed by atoms with van der Waals surface area (Å²) in [4.78, 5) is 32.8. The molecule has 0 aliphatic rings. The zero-order chi connectivity index (χ0) is 14.4. The van der Waals surface area contributed by atoms with Gasteiger partial charge in [0.15, 0.2) is 0 Å². The summed E-state index contributed by atoms with van der Waals surface area (Å²) in [7, 11) is 0. The number of amides is 1. The molecule has 0 aliphatic heterocycles. The summed E-state index contributed by atoms with van der Waals surface area (Å²) in [6, 6.07) is 6.44. The Balaban J connectivity index is 2.86. The first-order chi connectivity index (χ1) is 8.88. The molecule has 0 spiro atoms. The number of carbonyl (C=O) groups is 3. The largest absolute Gasteiger partial charge is 0.421 e. The Morgan fingerprint density at radius 1 is 0.947 bits per heavy atom. The second-order valence-corrected chi connectivity index (χ2v) is 3.85. The Hall–Kier alpha value is -2.37. The molecular weight excluding hydrogens is 250 g/mol. The Kier molecular flexibility index (Phi) is 5.05. The molecule has 1 rings (SSSR count). The van der Waals surface area contributed by atoms with Gasteiger partial charge in [-0.1, -0.05) is 0 Å². The van der Waals surface area contributed by atoms with Gasteiger partial charge in [-0.3, -0.25) is 14.4 Å². The van der Waals surface area contributed by atoms with E-state index in [1.54, 1.807) is 24.3 Å². The molecule has 6 nitrogen and oxygen atoms in total. The van der Waals surface area contributed by atoms with Crippen LogP contribution in [-0.2, 0) is 23.9 Å². The van der Waals surface area contributed by atoms with Crippen molar-refractivity contribution in [3.05, 3.63) is 29.8 Å². The molecule has 0 aliphatic carbocycles. The van der Waals surface area contributed by atoms with E-state index in [1.165, 1.54) is 20.8 Å². The standard InChI is InChI=1S/C13H15NO5/c1-8(15)14-12-6-4-11(5-7-12)13(18-9(2)16)19-10(3)17/h4-7,13H,1-3H3,(H,14,15). The van der Waals surface area contributed by atoms with Crippen molar-refractivity contribution in [2.75, 3.05) is 5.32 Å². The van der Waals surface area contributed by atoms with Crippen LogP contribution in [0.15, 0.2) is 24.3 Å². The van der Waals surface area contributed by atoms with Crippen LogP contribution in [0, 0.1) is 0 Å². The van der Waals surface area contributed by atoms with Gasteiger partial charge in [0.1, 0.15) is 0 Å². The van der Waals surface area contributed by atoms with Gasteiger partial charge in [-0.05, 0) is 24.3 Å². The highest BCUT2D eigenvalue weighted by Crippen LogP contribution is 2.21. The summed E-state index contributed by atoms with van der Waals surface area (Å²) >= 11 is 0. The van der Waals surface area contributed by atoms with Gasteiger partial charge < -0.3 is 14.8 Å². The predicted octanol–water partition coefficient (Wildman–Crippen LogP) is 1.77. The third-order valence-corrected chi connectivity index (χ3v) is 2.05. The van der Waals surface area contributed by atoms with E-state index in [-0.39, 0.29) is 5.91 Å². The predicted molar refractivity (Wildman–Crippen MR) is 67.0 cm³/mol. The summed E-state index contributed by atoms with van der Waals surface area (Å²) in [5.41, 5.74) is 1.10. The third kappa shape index (κ3) is 5.20. The van der Waals surface area contributed by atoms with Crippen molar-refractivity contribution in [1.82, 2.24) is 0 Å². The molecule has 6 heteroatoms. The number of benzene rings is 1. The van der Waals surface area contributed by atoms with E-state index in [1.807, 2.05) is 0 Å². The van der Waals surface area contributed by atoms with E-state index in [0.717, 1.165) is 0 Å². The summed E-state index contributed by atoms with van der Waals surface area (Å²) in [5, 5.41) is 2.60. The minimum Gasteiger partial charge on any atom is -0.421 e. The van der Waals surface area contributed by atoms with Crippen molar-refractivity contribution in [2.45, 2.75) is 27.1 Å². The van der Waals surface area contributed by atoms with Crippen LogP contribution in [0.5, 0.6) is 0 Å². The van der Waals surface area contributed by atoms with Crippen LogP contribution in [0.1, 0.15) is 32.6 Å². The Morgan fingerprint density at radius 3 is 1.79 bits per heavy atom. The second kappa shape index (κ2) is 6.53. The number of anilines is 1. The fourth-order valence-corrected chi connectivity index (χ4v) is 1.39. The van der Waals surface area contributed by atoms with Crippen LogP contribution in [0.3, 0.4) is 0 Å². The first-order valence-electron chi connectivity index (χ1n) is 5.60. The molecule has 0 heterocycles. The highest BCUT2D eigenvalue weighted by atomic mass is 16.7. The maximum absolute atomic E-state index is 11.0. The number of ether oxygens (including phenoxy) is 2. The molecule has 0 bridgehead atoms. The van der Waals surface area contributed by atoms with Crippen LogP contribution in [0.25, 0.3) is 0 Å². The van der Waals surface area contributed by atoms with E-state index in [9.17, 15) is 14.4 Å². The molecule has 1 amide bonds. The first kappa shape index (κ1) is 14.7. The molecule has 0 unspecified atom stereocenters. The Labute approximate surface area is 110 Å². The Bertz CT molecular complexity index is 464. The van der Waals surface area contributed by atoms with Gasteiger partial charge >= 0.3 is 11.9 Å². The van der Waals surface area contributed by atoms with E-state index in [2.05, 4.69) is 5.32 Å². The SMILES string of the molecule is CC(=O)Nc1ccc(C(OC(C)=O)OC(C)=O)cc1. The fourth-order valence-electron chi connectivity index (χ4n) is 1.39. The summed E-state index contributed by atoms with van der Waals surface area (Å²) in [5.74, 6) is -1.31. The lowest BCUT2D eigenvalue weighted by Crippen LogP contribution is -2.15. The molecule has 0 aromatic heterocycles. The minimum absolute atomic E-state index is 0.190. The van der Waals surface area contributed by atoms with Gasteiger partial charge in [-0.2, -0.15) is 0 Å². The molecule has 0 fully saturated rings. The third-order valence-electron chi connectivity index (χ3n) is 2.05. The van der Waals surface area contributed by atoms with E-state index < -0.39 is 18.2 Å². The summed E-state index contributed by atoms with van der Waals surface area (Å²) in [6.45, 7) is 3.85. The van der Waals surface area contributed by atoms with Gasteiger partial charge in [0.2, 0.25) is 5.91 Å². The molecular formula is C13H15NO5. The molecule has 1 aromatic carbocycles. The van der Waals surface area contributed by atoms with Crippen molar-refractivity contribution in [3.8, 4) is 0 Å². The molecule has 19 heavy (non-hydrogen) atoms. The van der Waals surface area contributed by atoms with Crippen LogP contribution in [0.2, 0.25) is 0 Å². The molecule has 0 saturated heterocycles. The maximum Gasteiger partial charge on any atom is 0.305 e. The lowest BCUT2D eigenvalue weighted by atomic mass is 10.2. The van der Waals surface area contributed by atoms with Crippen molar-refractivity contribution < 1.29 is 23.9 Å². The summed E-state index contributed by atoms with van der Waals surface area (Å²) in [6.07, 6.45) is -1.08. The molecule has 1 aromatic rings. The van der Waals surface area contributed by atoms with E-state index in [4.69, 9.17) is 9.47 Å². The average molecular weight is 265 g/mol. The molecule has 0 radical (unpaired) electrons. The molecule has 0 saturated carbocycles. The number of hydrogen-bond donors (Lipinski definition) is 1. The van der Waals surface area contributed by atoms with Gasteiger partial charge in [0.05, 0.1) is 0 Å². The van der Waals surface area contributed by atoms with Crippen molar-refractivity contribution in [3.63, 3.8) is 0 Å². The minimum atomic E-state index is -1.08. The fraction of sp³-hybridized carbons (Fsp3) is 0.308. The number of nitrogens with one attached hydrogen (secondary N) is 1. The monoisotopic (exact) mass is 265 g/mol. The second-order valence-electron chi connectivity index (χ2n) is 3.85.